The van der Waals surface area contributed by atoms with Crippen LogP contribution in [0, 0.1) is 0 Å². The maximum absolute atomic E-state index is 4.42. The van der Waals surface area contributed by atoms with E-state index in [2.05, 4.69) is 38.3 Å². The van der Waals surface area contributed by atoms with Crippen LogP contribution in [0.3, 0.4) is 0 Å². The molecule has 0 atom stereocenters. The van der Waals surface area contributed by atoms with Crippen molar-refractivity contribution < 1.29 is 0 Å². The molecule has 1 N–H and O–H groups in total. The summed E-state index contributed by atoms with van der Waals surface area (Å²) in [5.41, 5.74) is 2.42. The number of rotatable bonds is 2. The fourth-order valence-corrected chi connectivity index (χ4v) is 2.11. The second-order valence-electron chi connectivity index (χ2n) is 3.55. The molecule has 0 amide bonds. The van der Waals surface area contributed by atoms with Crippen LogP contribution in [-0.4, -0.2) is 26.2 Å². The van der Waals surface area contributed by atoms with Crippen molar-refractivity contribution >= 4 is 23.1 Å². The van der Waals surface area contributed by atoms with E-state index in [0.717, 1.165) is 17.0 Å². The number of nitrogens with zero attached hydrogens (tertiary/aromatic N) is 3. The maximum atomic E-state index is 4.42. The molecule has 4 nitrogen and oxygen atoms in total. The Balaban J connectivity index is 2.13. The summed E-state index contributed by atoms with van der Waals surface area (Å²) in [5, 5.41) is 0. The minimum absolute atomic E-state index is 0.650. The van der Waals surface area contributed by atoms with Gasteiger partial charge in [0.15, 0.2) is 11.3 Å². The summed E-state index contributed by atoms with van der Waals surface area (Å²) in [7, 11) is 0. The average Bonchev–Trinajstić information content (AvgIpc) is 2.82. The van der Waals surface area contributed by atoms with Crippen LogP contribution in [0.1, 0.15) is 0 Å². The monoisotopic (exact) mass is 242 g/mol. The van der Waals surface area contributed by atoms with Gasteiger partial charge in [0, 0.05) is 22.9 Å². The van der Waals surface area contributed by atoms with Gasteiger partial charge in [-0.3, -0.25) is 0 Å². The first-order valence-electron chi connectivity index (χ1n) is 5.18. The Morgan fingerprint density at radius 2 is 2.06 bits per heavy atom. The summed E-state index contributed by atoms with van der Waals surface area (Å²) in [6.07, 6.45) is 5.36. The first-order chi connectivity index (χ1) is 8.36. The van der Waals surface area contributed by atoms with E-state index in [9.17, 15) is 0 Å². The number of aromatic amines is 1. The second kappa shape index (κ2) is 4.18. The minimum atomic E-state index is 0.650. The molecule has 1 aromatic carbocycles. The Labute approximate surface area is 103 Å². The van der Waals surface area contributed by atoms with Crippen molar-refractivity contribution in [2.45, 2.75) is 4.90 Å². The number of nitrogens with one attached hydrogen (secondary N) is 1. The summed E-state index contributed by atoms with van der Waals surface area (Å²) >= 11 is 1.71. The van der Waals surface area contributed by atoms with Crippen molar-refractivity contribution in [3.05, 3.63) is 36.7 Å². The molecule has 0 aliphatic rings. The molecule has 3 aromatic rings. The van der Waals surface area contributed by atoms with Crippen LogP contribution < -0.4 is 0 Å². The van der Waals surface area contributed by atoms with E-state index in [1.54, 1.807) is 24.2 Å². The Bertz CT molecular complexity index is 629. The topological polar surface area (TPSA) is 54.5 Å². The first kappa shape index (κ1) is 10.3. The quantitative estimate of drug-likeness (QED) is 0.702. The molecule has 17 heavy (non-hydrogen) atoms. The third-order valence-corrected chi connectivity index (χ3v) is 3.20. The van der Waals surface area contributed by atoms with Gasteiger partial charge in [0.25, 0.3) is 0 Å². The van der Waals surface area contributed by atoms with Gasteiger partial charge in [-0.15, -0.1) is 11.8 Å². The Kier molecular flexibility index (Phi) is 2.53. The zero-order valence-electron chi connectivity index (χ0n) is 9.21. The van der Waals surface area contributed by atoms with Crippen molar-refractivity contribution in [1.82, 2.24) is 19.9 Å². The van der Waals surface area contributed by atoms with Gasteiger partial charge in [-0.05, 0) is 18.4 Å². The fraction of sp³-hybridized carbons (Fsp3) is 0.0833. The number of benzene rings is 1. The number of hydrogen-bond donors (Lipinski definition) is 1. The molecule has 0 saturated carbocycles. The Hall–Kier alpha value is -1.88. The van der Waals surface area contributed by atoms with Crippen LogP contribution in [0.25, 0.3) is 22.7 Å². The molecule has 2 aromatic heterocycles. The van der Waals surface area contributed by atoms with Crippen LogP contribution in [0.2, 0.25) is 0 Å². The zero-order valence-corrected chi connectivity index (χ0v) is 10.0. The van der Waals surface area contributed by atoms with Gasteiger partial charge < -0.3 is 4.98 Å². The third-order valence-electron chi connectivity index (χ3n) is 2.48. The molecule has 84 valence electrons. The molecule has 2 heterocycles. The van der Waals surface area contributed by atoms with Gasteiger partial charge in [-0.2, -0.15) is 0 Å². The van der Waals surface area contributed by atoms with Gasteiger partial charge >= 0.3 is 0 Å². The largest absolute Gasteiger partial charge is 0.321 e. The summed E-state index contributed by atoms with van der Waals surface area (Å²) in [4.78, 5) is 17.1. The number of aromatic nitrogens is 4. The number of thioether (sulfide) groups is 1. The van der Waals surface area contributed by atoms with E-state index >= 15 is 0 Å². The lowest BCUT2D eigenvalue weighted by molar-refractivity contribution is 1.26. The zero-order chi connectivity index (χ0) is 11.7. The molecule has 0 spiro atoms. The number of imidazole rings is 1. The SMILES string of the molecule is CSc1cccc(-c2nc3nccnc3[nH]2)c1. The summed E-state index contributed by atoms with van der Waals surface area (Å²) in [6.45, 7) is 0. The summed E-state index contributed by atoms with van der Waals surface area (Å²) in [5.74, 6) is 0.808. The number of hydrogen-bond acceptors (Lipinski definition) is 4. The van der Waals surface area contributed by atoms with Crippen LogP contribution in [0.5, 0.6) is 0 Å². The van der Waals surface area contributed by atoms with Crippen LogP contribution >= 0.6 is 11.8 Å². The maximum Gasteiger partial charge on any atom is 0.197 e. The van der Waals surface area contributed by atoms with E-state index in [-0.39, 0.29) is 0 Å². The predicted molar refractivity (Wildman–Crippen MR) is 68.9 cm³/mol. The standard InChI is InChI=1S/C12H10N4S/c1-17-9-4-2-3-8(7-9)10-15-11-12(16-10)14-6-5-13-11/h2-7H,1H3,(H,13,14,15,16). The van der Waals surface area contributed by atoms with Crippen molar-refractivity contribution in [3.63, 3.8) is 0 Å². The molecule has 0 aliphatic heterocycles. The van der Waals surface area contributed by atoms with E-state index in [1.807, 2.05) is 12.1 Å². The third kappa shape index (κ3) is 1.89. The predicted octanol–water partition coefficient (Wildman–Crippen LogP) is 2.74. The molecular formula is C12H10N4S. The summed E-state index contributed by atoms with van der Waals surface area (Å²) in [6, 6.07) is 8.22. The Morgan fingerprint density at radius 3 is 2.88 bits per heavy atom. The highest BCUT2D eigenvalue weighted by Gasteiger charge is 2.06. The molecule has 0 aliphatic carbocycles. The van der Waals surface area contributed by atoms with E-state index in [0.29, 0.717) is 5.65 Å². The van der Waals surface area contributed by atoms with Gasteiger partial charge in [0.1, 0.15) is 5.82 Å². The summed E-state index contributed by atoms with van der Waals surface area (Å²) < 4.78 is 0. The molecule has 0 saturated heterocycles. The molecule has 5 heteroatoms. The van der Waals surface area contributed by atoms with Gasteiger partial charge in [-0.25, -0.2) is 15.0 Å². The lowest BCUT2D eigenvalue weighted by atomic mass is 10.2. The van der Waals surface area contributed by atoms with Crippen LogP contribution in [0.15, 0.2) is 41.6 Å². The van der Waals surface area contributed by atoms with Crippen molar-refractivity contribution in [2.75, 3.05) is 6.26 Å². The van der Waals surface area contributed by atoms with Crippen molar-refractivity contribution in [1.29, 1.82) is 0 Å². The minimum Gasteiger partial charge on any atom is -0.321 e. The van der Waals surface area contributed by atoms with E-state index < -0.39 is 0 Å². The normalized spacial score (nSPS) is 10.9. The van der Waals surface area contributed by atoms with Crippen LogP contribution in [-0.2, 0) is 0 Å². The molecule has 0 bridgehead atoms. The van der Waals surface area contributed by atoms with Crippen LogP contribution in [0.4, 0.5) is 0 Å². The lowest BCUT2D eigenvalue weighted by Crippen LogP contribution is -1.80. The van der Waals surface area contributed by atoms with Crippen molar-refractivity contribution in [2.24, 2.45) is 0 Å². The number of H-pyrrole nitrogens is 1. The first-order valence-corrected chi connectivity index (χ1v) is 6.40. The molecule has 0 fully saturated rings. The fourth-order valence-electron chi connectivity index (χ4n) is 1.65. The highest BCUT2D eigenvalue weighted by molar-refractivity contribution is 7.98. The van der Waals surface area contributed by atoms with E-state index in [1.165, 1.54) is 4.90 Å². The smallest absolute Gasteiger partial charge is 0.197 e. The van der Waals surface area contributed by atoms with Gasteiger partial charge in [-0.1, -0.05) is 12.1 Å². The van der Waals surface area contributed by atoms with E-state index in [4.69, 9.17) is 0 Å². The number of fused-ring (bicyclic) bond motifs is 1. The second-order valence-corrected chi connectivity index (χ2v) is 4.43. The molecule has 3 rings (SSSR count). The highest BCUT2D eigenvalue weighted by Crippen LogP contribution is 2.23. The van der Waals surface area contributed by atoms with Gasteiger partial charge in [0.2, 0.25) is 0 Å². The lowest BCUT2D eigenvalue weighted by Gasteiger charge is -1.99. The highest BCUT2D eigenvalue weighted by atomic mass is 32.2. The van der Waals surface area contributed by atoms with Gasteiger partial charge in [0.05, 0.1) is 0 Å². The Morgan fingerprint density at radius 1 is 1.18 bits per heavy atom. The molecule has 0 unspecified atom stereocenters. The average molecular weight is 242 g/mol. The molecule has 0 radical (unpaired) electrons. The molecular weight excluding hydrogens is 232 g/mol. The van der Waals surface area contributed by atoms with Crippen molar-refractivity contribution in [3.8, 4) is 11.4 Å².